The highest BCUT2D eigenvalue weighted by Crippen LogP contribution is 2.29. The van der Waals surface area contributed by atoms with Crippen LogP contribution in [0.4, 0.5) is 0 Å². The molecule has 0 unspecified atom stereocenters. The van der Waals surface area contributed by atoms with Gasteiger partial charge in [-0.05, 0) is 192 Å². The fraction of sp³-hybridized carbons (Fsp3) is 0.352. The second-order valence-corrected chi connectivity index (χ2v) is 35.9. The van der Waals surface area contributed by atoms with Crippen molar-refractivity contribution in [3.63, 3.8) is 0 Å². The summed E-state index contributed by atoms with van der Waals surface area (Å²) < 4.78 is 6.06. The monoisotopic (exact) mass is 1670 g/mol. The van der Waals surface area contributed by atoms with Gasteiger partial charge < -0.3 is 9.40 Å². The molecule has 0 aliphatic heterocycles. The molecule has 0 saturated heterocycles. The molecule has 10 heterocycles. The SMILES string of the molecule is C.CC(C)c1ccc2ccccc2c1.CC(C)c1cccc2ncccc12.CC(C)c1ccccc1.CC(C)c1ccccn1.CC(C)c1cccnc1.CC(C)c1cccs1.CC(C)c1ccncc1.CC(C)c1ccsc1.CC(C)c1cocn1.CC(C)c1nc2ccccc2[nH]1.CC(C)c1nc2ccccc2s1.CC(C)c1nccs1. The van der Waals surface area contributed by atoms with Gasteiger partial charge in [-0.25, -0.2) is 19.9 Å². The number of fused-ring (bicyclic) bond motifs is 4. The number of H-pyrrole nitrogens is 1. The Hall–Kier alpha value is -9.96. The molecule has 0 fully saturated rings. The van der Waals surface area contributed by atoms with Crippen LogP contribution in [-0.4, -0.2) is 44.9 Å². The second-order valence-electron chi connectivity index (χ2n) is 32.1. The minimum absolute atomic E-state index is 0. The Balaban J connectivity index is 0.000000274. The van der Waals surface area contributed by atoms with E-state index in [0.29, 0.717) is 71.0 Å². The molecule has 0 amide bonds. The van der Waals surface area contributed by atoms with Crippen molar-refractivity contribution < 1.29 is 4.42 Å². The van der Waals surface area contributed by atoms with E-state index in [4.69, 9.17) is 4.42 Å². The first kappa shape index (κ1) is 101. The van der Waals surface area contributed by atoms with E-state index in [1.807, 2.05) is 133 Å². The van der Waals surface area contributed by atoms with Gasteiger partial charge in [-0.15, -0.1) is 34.0 Å². The number of hydrogen-bond donors (Lipinski definition) is 1. The Morgan fingerprint density at radius 1 is 0.328 bits per heavy atom. The first-order valence-corrected chi connectivity index (χ1v) is 45.3. The third-order valence-electron chi connectivity index (χ3n) is 18.3. The smallest absolute Gasteiger partial charge is 0.180 e. The third-order valence-corrected chi connectivity index (χ3v) is 22.6. The lowest BCUT2D eigenvalue weighted by atomic mass is 9.98. The number of aromatic nitrogens is 9. The Kier molecular flexibility index (Phi) is 48.1. The molecule has 1 N–H and O–H groups in total. The zero-order valence-corrected chi connectivity index (χ0v) is 78.0. The maximum Gasteiger partial charge on any atom is 0.180 e. The first-order valence-electron chi connectivity index (χ1n) is 41.8. The van der Waals surface area contributed by atoms with E-state index >= 15 is 0 Å². The van der Waals surface area contributed by atoms with Crippen LogP contribution in [0.15, 0.2) is 294 Å². The molecule has 0 bridgehead atoms. The number of rotatable bonds is 12. The summed E-state index contributed by atoms with van der Waals surface area (Å²) in [4.78, 5) is 38.3. The fourth-order valence-electron chi connectivity index (χ4n) is 10.9. The Morgan fingerprint density at radius 3 is 1.37 bits per heavy atom. The highest BCUT2D eigenvalue weighted by Gasteiger charge is 2.09. The van der Waals surface area contributed by atoms with Crippen molar-refractivity contribution >= 4 is 88.3 Å². The summed E-state index contributed by atoms with van der Waals surface area (Å²) in [6.07, 6.45) is 16.0. The number of nitrogens with zero attached hydrogens (tertiary/aromatic N) is 8. The van der Waals surface area contributed by atoms with Crippen molar-refractivity contribution in [1.29, 1.82) is 0 Å². The van der Waals surface area contributed by atoms with Crippen LogP contribution in [0, 0.1) is 0 Å². The van der Waals surface area contributed by atoms with Gasteiger partial charge in [-0.2, -0.15) is 11.3 Å². The molecular weight excluding hydrogens is 1530 g/mol. The zero-order valence-electron chi connectivity index (χ0n) is 74.8. The van der Waals surface area contributed by atoms with Gasteiger partial charge in [0, 0.05) is 82.5 Å². The second kappa shape index (κ2) is 56.5. The summed E-state index contributed by atoms with van der Waals surface area (Å²) in [7, 11) is 0. The number of thiazole rings is 2. The molecule has 6 aromatic carbocycles. The number of benzene rings is 6. The molecule has 0 radical (unpaired) electrons. The number of imidazole rings is 1. The Bertz CT molecular complexity index is 4650. The van der Waals surface area contributed by atoms with Gasteiger partial charge >= 0.3 is 0 Å². The van der Waals surface area contributed by atoms with Gasteiger partial charge in [0.1, 0.15) is 12.1 Å². The lowest BCUT2D eigenvalue weighted by molar-refractivity contribution is 0.555. The van der Waals surface area contributed by atoms with Crippen LogP contribution in [0.3, 0.4) is 0 Å². The molecule has 632 valence electrons. The number of pyridine rings is 4. The quantitative estimate of drug-likeness (QED) is 0.127. The topological polar surface area (TPSA) is 132 Å². The summed E-state index contributed by atoms with van der Waals surface area (Å²) in [5.74, 6) is 8.15. The molecule has 0 spiro atoms. The fourth-order valence-corrected chi connectivity index (χ4v) is 14.0. The van der Waals surface area contributed by atoms with Crippen LogP contribution >= 0.6 is 45.3 Å². The van der Waals surface area contributed by atoms with E-state index in [9.17, 15) is 0 Å². The van der Waals surface area contributed by atoms with Gasteiger partial charge in [-0.1, -0.05) is 307 Å². The highest BCUT2D eigenvalue weighted by molar-refractivity contribution is 7.18. The minimum atomic E-state index is 0. The van der Waals surface area contributed by atoms with E-state index in [1.165, 1.54) is 75.5 Å². The molecular formula is C105H137N9OS4. The lowest BCUT2D eigenvalue weighted by Crippen LogP contribution is -1.89. The molecule has 0 aliphatic rings. The van der Waals surface area contributed by atoms with E-state index in [-0.39, 0.29) is 7.43 Å². The standard InChI is InChI=1S/C13H14.C12H13N.C10H12N2.C10H11NS.C9H12.3C8H11N.2C7H10S.C6H9NO.C6H9NS.CH4/c1-10(2)12-8-7-11-5-3-4-6-13(11)9-12;1-9(2)10-5-3-7-12-11(10)6-4-8-13-12;2*1-7(2)10-11-8-5-3-4-6-9(8)12-10;1-8(2)9-6-4-3-5-7-9;1-7(2)8-3-5-9-6-4-8;1-7(2)8-4-3-5-9-6-8;1-7(2)8-5-3-4-6-9-8;1-6(2)7-3-4-8-5-7;1-6(2)7-4-3-5-8-7;1-5(2)6-3-8-4-7-6;1-5(2)6-7-3-4-8-6;/h3-10H,1-2H3;3-9H,1-2H3;3-7H,1-2H3,(H,11,12);3-7H,1-2H3;3-8H,1-2H3;3*3-7H,1-2H3;2*3-6H,1-2H3;2*3-5H,1-2H3;1H4. The molecule has 0 aliphatic carbocycles. The Morgan fingerprint density at radius 2 is 0.916 bits per heavy atom. The average molecular weight is 1670 g/mol. The molecule has 10 nitrogen and oxygen atoms in total. The maximum atomic E-state index is 4.76. The summed E-state index contributed by atoms with van der Waals surface area (Å²) in [6.45, 7) is 52.2. The largest absolute Gasteiger partial charge is 0.451 e. The van der Waals surface area contributed by atoms with Crippen molar-refractivity contribution in [3.05, 3.63) is 355 Å². The molecule has 16 aromatic rings. The van der Waals surface area contributed by atoms with E-state index in [2.05, 4.69) is 361 Å². The normalized spacial score (nSPS) is 10.5. The lowest BCUT2D eigenvalue weighted by Gasteiger charge is -2.08. The average Bonchev–Trinajstić information content (AvgIpc) is 1.39. The van der Waals surface area contributed by atoms with E-state index < -0.39 is 0 Å². The summed E-state index contributed by atoms with van der Waals surface area (Å²) >= 11 is 7.11. The number of nitrogens with one attached hydrogen (secondary N) is 1. The Labute approximate surface area is 732 Å². The predicted octanol–water partition coefficient (Wildman–Crippen LogP) is 33.3. The van der Waals surface area contributed by atoms with Gasteiger partial charge in [0.15, 0.2) is 6.39 Å². The molecule has 0 saturated carbocycles. The third kappa shape index (κ3) is 38.8. The summed E-state index contributed by atoms with van der Waals surface area (Å²) in [5.41, 5.74) is 14.9. The number of oxazole rings is 1. The van der Waals surface area contributed by atoms with Crippen molar-refractivity contribution in [3.8, 4) is 0 Å². The van der Waals surface area contributed by atoms with Gasteiger partial charge in [0.2, 0.25) is 0 Å². The van der Waals surface area contributed by atoms with Crippen molar-refractivity contribution in [2.45, 2.75) is 245 Å². The van der Waals surface area contributed by atoms with Crippen LogP contribution in [0.5, 0.6) is 0 Å². The van der Waals surface area contributed by atoms with Crippen LogP contribution in [0.2, 0.25) is 0 Å². The first-order chi connectivity index (χ1) is 56.5. The summed E-state index contributed by atoms with van der Waals surface area (Å²) in [5, 5.41) is 14.9. The van der Waals surface area contributed by atoms with Crippen LogP contribution in [-0.2, 0) is 0 Å². The maximum absolute atomic E-state index is 4.76. The zero-order chi connectivity index (χ0) is 86.3. The minimum Gasteiger partial charge on any atom is -0.451 e. The molecule has 119 heavy (non-hydrogen) atoms. The molecule has 0 atom stereocenters. The summed E-state index contributed by atoms with van der Waals surface area (Å²) in [6, 6.07) is 73.1. The van der Waals surface area contributed by atoms with E-state index in [0.717, 1.165) is 39.3 Å². The van der Waals surface area contributed by atoms with E-state index in [1.54, 1.807) is 46.5 Å². The van der Waals surface area contributed by atoms with Crippen LogP contribution in [0.1, 0.15) is 310 Å². The number of thiophene rings is 2. The molecule has 14 heteroatoms. The number of hydrogen-bond acceptors (Lipinski definition) is 13. The van der Waals surface area contributed by atoms with Crippen molar-refractivity contribution in [1.82, 2.24) is 44.9 Å². The number of para-hydroxylation sites is 3. The molecule has 10 aromatic heterocycles. The number of aromatic amines is 1. The van der Waals surface area contributed by atoms with Crippen LogP contribution < -0.4 is 0 Å². The predicted molar refractivity (Wildman–Crippen MR) is 524 cm³/mol. The molecule has 16 rings (SSSR count). The van der Waals surface area contributed by atoms with Crippen LogP contribution in [0.25, 0.3) is 42.9 Å². The van der Waals surface area contributed by atoms with Crippen molar-refractivity contribution in [2.75, 3.05) is 0 Å². The van der Waals surface area contributed by atoms with Crippen molar-refractivity contribution in [2.24, 2.45) is 0 Å². The van der Waals surface area contributed by atoms with Gasteiger partial charge in [-0.3, -0.25) is 19.9 Å². The van der Waals surface area contributed by atoms with Gasteiger partial charge in [0.25, 0.3) is 0 Å². The highest BCUT2D eigenvalue weighted by atomic mass is 32.1. The van der Waals surface area contributed by atoms with Gasteiger partial charge in [0.05, 0.1) is 42.5 Å².